The van der Waals surface area contributed by atoms with Crippen LogP contribution in [-0.2, 0) is 22.4 Å². The van der Waals surface area contributed by atoms with Crippen LogP contribution in [0.1, 0.15) is 35.4 Å². The number of hydrogen-bond acceptors (Lipinski definition) is 7. The summed E-state index contributed by atoms with van der Waals surface area (Å²) in [5.74, 6) is 5.60. The molecular formula is C27H33N5O2. The number of piperidine rings is 2. The smallest absolute Gasteiger partial charge is 0.310 e. The molecule has 4 unspecified atom stereocenters. The van der Waals surface area contributed by atoms with Gasteiger partial charge in [-0.3, -0.25) is 4.79 Å². The van der Waals surface area contributed by atoms with Crippen LogP contribution >= 0.6 is 0 Å². The lowest BCUT2D eigenvalue weighted by molar-refractivity contribution is -0.139. The fraction of sp³-hybridized carbons (Fsp3) is 0.556. The molecule has 34 heavy (non-hydrogen) atoms. The van der Waals surface area contributed by atoms with E-state index in [1.807, 2.05) is 32.0 Å². The minimum Gasteiger partial charge on any atom is -0.469 e. The third-order valence-corrected chi connectivity index (χ3v) is 7.80. The summed E-state index contributed by atoms with van der Waals surface area (Å²) < 4.78 is 4.68. The molecule has 7 heteroatoms. The number of aryl methyl sites for hydroxylation is 2. The number of methoxy groups -OCH3 is 1. The van der Waals surface area contributed by atoms with Gasteiger partial charge in [-0.1, -0.05) is 12.1 Å². The van der Waals surface area contributed by atoms with Crippen molar-refractivity contribution in [2.24, 2.45) is 23.7 Å². The summed E-state index contributed by atoms with van der Waals surface area (Å²) in [5, 5.41) is 8.68. The highest BCUT2D eigenvalue weighted by atomic mass is 16.5. The molecule has 178 valence electrons. The highest BCUT2D eigenvalue weighted by Gasteiger charge is 2.46. The molecule has 4 heterocycles. The minimum atomic E-state index is -0.213. The van der Waals surface area contributed by atoms with Crippen molar-refractivity contribution in [3.05, 3.63) is 46.8 Å². The molecule has 6 rings (SSSR count). The predicted octanol–water partition coefficient (Wildman–Crippen LogP) is 3.47. The van der Waals surface area contributed by atoms with E-state index in [1.54, 1.807) is 0 Å². The second-order valence-corrected chi connectivity index (χ2v) is 10.2. The largest absolute Gasteiger partial charge is 0.469 e. The maximum Gasteiger partial charge on any atom is 0.310 e. The first-order valence-electron chi connectivity index (χ1n) is 12.3. The number of carbonyl (C=O) groups is 1. The first-order chi connectivity index (χ1) is 16.4. The number of ether oxygens (including phenoxy) is 1. The minimum absolute atomic E-state index is 0.213. The zero-order valence-corrected chi connectivity index (χ0v) is 20.3. The average molecular weight is 460 g/mol. The Labute approximate surface area is 201 Å². The fourth-order valence-electron chi connectivity index (χ4n) is 5.36. The van der Waals surface area contributed by atoms with Crippen LogP contribution in [0, 0.1) is 48.9 Å². The van der Waals surface area contributed by atoms with E-state index in [9.17, 15) is 4.79 Å². The Balaban J connectivity index is 0.000000142. The van der Waals surface area contributed by atoms with Gasteiger partial charge in [0.1, 0.15) is 11.6 Å². The second kappa shape index (κ2) is 9.25. The monoisotopic (exact) mass is 459 g/mol. The zero-order valence-electron chi connectivity index (χ0n) is 20.3. The molecule has 2 aliphatic carbocycles. The van der Waals surface area contributed by atoms with E-state index in [-0.39, 0.29) is 5.97 Å². The third-order valence-electron chi connectivity index (χ3n) is 7.80. The molecule has 0 radical (unpaired) electrons. The first-order valence-corrected chi connectivity index (χ1v) is 12.3. The van der Waals surface area contributed by atoms with Gasteiger partial charge in [-0.15, -0.1) is 0 Å². The highest BCUT2D eigenvalue weighted by Crippen LogP contribution is 2.46. The Hall–Kier alpha value is -3.14. The number of nitriles is 1. The van der Waals surface area contributed by atoms with Gasteiger partial charge in [0.2, 0.25) is 0 Å². The molecule has 4 atom stereocenters. The molecule has 4 fully saturated rings. The fourth-order valence-corrected chi connectivity index (χ4v) is 5.36. The van der Waals surface area contributed by atoms with Gasteiger partial charge in [-0.2, -0.15) is 5.26 Å². The topological polar surface area (TPSA) is 82.3 Å². The SMILES string of the molecule is COC(=O)Cc1ccc(N2CC3CC3C2)nc1C.Cc1nc(N2CC3CC3C2)ccc1CC#N. The lowest BCUT2D eigenvalue weighted by Crippen LogP contribution is -2.23. The van der Waals surface area contributed by atoms with Crippen molar-refractivity contribution in [3.63, 3.8) is 0 Å². The van der Waals surface area contributed by atoms with Gasteiger partial charge in [-0.25, -0.2) is 9.97 Å². The van der Waals surface area contributed by atoms with Crippen LogP contribution in [0.25, 0.3) is 0 Å². The van der Waals surface area contributed by atoms with Crippen molar-refractivity contribution in [1.82, 2.24) is 9.97 Å². The average Bonchev–Trinajstić information content (AvgIpc) is 3.67. The molecule has 0 spiro atoms. The van der Waals surface area contributed by atoms with Crippen LogP contribution in [0.3, 0.4) is 0 Å². The van der Waals surface area contributed by atoms with Gasteiger partial charge in [-0.05, 0) is 73.6 Å². The Bertz CT molecular complexity index is 1110. The predicted molar refractivity (Wildman–Crippen MR) is 131 cm³/mol. The third kappa shape index (κ3) is 4.86. The lowest BCUT2D eigenvalue weighted by atomic mass is 10.1. The Morgan fingerprint density at radius 1 is 0.912 bits per heavy atom. The number of fused-ring (bicyclic) bond motifs is 2. The van der Waals surface area contributed by atoms with Gasteiger partial charge < -0.3 is 14.5 Å². The number of anilines is 2. The Kier molecular flexibility index (Phi) is 6.16. The molecule has 2 aromatic heterocycles. The maximum absolute atomic E-state index is 11.3. The van der Waals surface area contributed by atoms with Crippen molar-refractivity contribution in [2.45, 2.75) is 39.5 Å². The van der Waals surface area contributed by atoms with Crippen LogP contribution in [0.5, 0.6) is 0 Å². The Morgan fingerprint density at radius 3 is 1.79 bits per heavy atom. The van der Waals surface area contributed by atoms with E-state index in [1.165, 1.54) is 33.0 Å². The summed E-state index contributed by atoms with van der Waals surface area (Å²) in [5.41, 5.74) is 3.93. The highest BCUT2D eigenvalue weighted by molar-refractivity contribution is 5.72. The van der Waals surface area contributed by atoms with Crippen LogP contribution in [0.2, 0.25) is 0 Å². The van der Waals surface area contributed by atoms with Crippen molar-refractivity contribution in [2.75, 3.05) is 43.1 Å². The van der Waals surface area contributed by atoms with Gasteiger partial charge in [0.25, 0.3) is 0 Å². The van der Waals surface area contributed by atoms with Gasteiger partial charge >= 0.3 is 5.97 Å². The molecule has 2 aliphatic heterocycles. The van der Waals surface area contributed by atoms with Crippen molar-refractivity contribution >= 4 is 17.6 Å². The van der Waals surface area contributed by atoms with E-state index < -0.39 is 0 Å². The van der Waals surface area contributed by atoms with Gasteiger partial charge in [0, 0.05) is 37.6 Å². The first kappa shape index (κ1) is 22.6. The van der Waals surface area contributed by atoms with Crippen LogP contribution in [-0.4, -0.2) is 49.2 Å². The van der Waals surface area contributed by atoms with E-state index in [4.69, 9.17) is 5.26 Å². The van der Waals surface area contributed by atoms with Crippen LogP contribution < -0.4 is 9.80 Å². The molecule has 0 amide bonds. The molecule has 0 bridgehead atoms. The summed E-state index contributed by atoms with van der Waals surface area (Å²) in [6.07, 6.45) is 3.59. The molecule has 0 N–H and O–H groups in total. The van der Waals surface area contributed by atoms with Crippen LogP contribution in [0.15, 0.2) is 24.3 Å². The number of carbonyl (C=O) groups excluding carboxylic acids is 1. The number of aromatic nitrogens is 2. The molecule has 2 aromatic rings. The maximum atomic E-state index is 11.3. The summed E-state index contributed by atoms with van der Waals surface area (Å²) in [4.78, 5) is 25.2. The number of esters is 1. The van der Waals surface area contributed by atoms with Crippen molar-refractivity contribution < 1.29 is 9.53 Å². The van der Waals surface area contributed by atoms with E-state index in [2.05, 4.69) is 36.6 Å². The zero-order chi connectivity index (χ0) is 23.8. The molecular weight excluding hydrogens is 426 g/mol. The number of nitrogens with zero attached hydrogens (tertiary/aromatic N) is 5. The summed E-state index contributed by atoms with van der Waals surface area (Å²) in [6.45, 7) is 8.59. The normalized spacial score (nSPS) is 25.6. The Morgan fingerprint density at radius 2 is 1.38 bits per heavy atom. The van der Waals surface area contributed by atoms with Crippen LogP contribution in [0.4, 0.5) is 11.6 Å². The molecule has 2 saturated carbocycles. The van der Waals surface area contributed by atoms with E-state index in [0.717, 1.165) is 70.9 Å². The number of rotatable bonds is 5. The molecule has 2 saturated heterocycles. The quantitative estimate of drug-likeness (QED) is 0.633. The van der Waals surface area contributed by atoms with E-state index >= 15 is 0 Å². The lowest BCUT2D eigenvalue weighted by Gasteiger charge is -2.20. The van der Waals surface area contributed by atoms with Crippen molar-refractivity contribution in [3.8, 4) is 6.07 Å². The summed E-state index contributed by atoms with van der Waals surface area (Å²) in [6, 6.07) is 10.3. The standard InChI is InChI=1S/C14H18N2O2.C13H15N3/c1-9-10(6-14(17)18-2)3-4-13(15-9)16-7-11-5-12(11)8-16;1-9-10(4-5-14)2-3-13(15-9)16-7-11-6-12(11)8-16/h3-4,11-12H,5-8H2,1-2H3;2-3,11-12H,4,6-8H2,1H3. The molecule has 0 aromatic carbocycles. The van der Waals surface area contributed by atoms with Crippen molar-refractivity contribution in [1.29, 1.82) is 5.26 Å². The van der Waals surface area contributed by atoms with E-state index in [0.29, 0.717) is 12.8 Å². The summed E-state index contributed by atoms with van der Waals surface area (Å²) >= 11 is 0. The summed E-state index contributed by atoms with van der Waals surface area (Å²) in [7, 11) is 1.41. The second-order valence-electron chi connectivity index (χ2n) is 10.2. The van der Waals surface area contributed by atoms with Gasteiger partial charge in [0.05, 0.1) is 26.0 Å². The molecule has 7 nitrogen and oxygen atoms in total. The number of hydrogen-bond donors (Lipinski definition) is 0. The number of pyridine rings is 2. The van der Waals surface area contributed by atoms with Gasteiger partial charge in [0.15, 0.2) is 0 Å². The molecule has 4 aliphatic rings.